The number of ether oxygens (including phenoxy) is 1. The van der Waals surface area contributed by atoms with Gasteiger partial charge in [-0.1, -0.05) is 30.3 Å². The van der Waals surface area contributed by atoms with Crippen molar-refractivity contribution in [2.45, 2.75) is 6.92 Å². The molecule has 0 atom stereocenters. The van der Waals surface area contributed by atoms with Gasteiger partial charge in [0.25, 0.3) is 5.78 Å². The molecule has 0 spiro atoms. The zero-order chi connectivity index (χ0) is 20.5. The van der Waals surface area contributed by atoms with Crippen LogP contribution in [-0.2, 0) is 11.8 Å². The van der Waals surface area contributed by atoms with Crippen LogP contribution in [0.3, 0.4) is 0 Å². The maximum absolute atomic E-state index is 5.47. The Kier molecular flexibility index (Phi) is 4.65. The summed E-state index contributed by atoms with van der Waals surface area (Å²) < 4.78 is 9.14. The van der Waals surface area contributed by atoms with Gasteiger partial charge in [0.1, 0.15) is 5.82 Å². The number of anilines is 1. The van der Waals surface area contributed by atoms with Crippen LogP contribution < -0.4 is 4.90 Å². The van der Waals surface area contributed by atoms with Gasteiger partial charge in [-0.05, 0) is 18.8 Å². The number of aryl methyl sites for hydroxylation is 2. The van der Waals surface area contributed by atoms with Gasteiger partial charge in [0, 0.05) is 43.7 Å². The molecular weight excluding hydrogens is 378 g/mol. The van der Waals surface area contributed by atoms with Crippen LogP contribution in [0.1, 0.15) is 17.3 Å². The van der Waals surface area contributed by atoms with Crippen molar-refractivity contribution >= 4 is 11.6 Å². The molecule has 0 radical (unpaired) electrons. The van der Waals surface area contributed by atoms with Gasteiger partial charge in [0.2, 0.25) is 5.82 Å². The fourth-order valence-electron chi connectivity index (χ4n) is 3.48. The summed E-state index contributed by atoms with van der Waals surface area (Å²) in [5.74, 6) is 8.73. The summed E-state index contributed by atoms with van der Waals surface area (Å²) >= 11 is 0. The summed E-state index contributed by atoms with van der Waals surface area (Å²) in [6.07, 6.45) is 1.97. The topological polar surface area (TPSA) is 73.4 Å². The normalized spacial score (nSPS) is 14.0. The van der Waals surface area contributed by atoms with Gasteiger partial charge in [0.15, 0.2) is 5.82 Å². The van der Waals surface area contributed by atoms with Crippen molar-refractivity contribution in [1.29, 1.82) is 0 Å². The van der Waals surface area contributed by atoms with E-state index in [1.807, 2.05) is 61.1 Å². The molecule has 1 saturated heterocycles. The number of morpholine rings is 1. The predicted octanol–water partition coefficient (Wildman–Crippen LogP) is 2.07. The first-order chi connectivity index (χ1) is 14.7. The molecule has 0 unspecified atom stereocenters. The van der Waals surface area contributed by atoms with Gasteiger partial charge in [-0.15, -0.1) is 5.10 Å². The van der Waals surface area contributed by atoms with Crippen LogP contribution in [0, 0.1) is 18.8 Å². The number of aromatic nitrogens is 6. The van der Waals surface area contributed by atoms with E-state index in [-0.39, 0.29) is 0 Å². The standard InChI is InChI=1S/C22H21N7O/c1-16-14-21(28-10-12-30-13-11-28)29-22(23-16)25-19(26-29)8-9-20-24-18(15-27(20)2)17-6-4-3-5-7-17/h3-7,14-15H,10-13H2,1-2H3. The fraction of sp³-hybridized carbons (Fsp3) is 0.273. The lowest BCUT2D eigenvalue weighted by Gasteiger charge is -2.28. The molecule has 1 aliphatic heterocycles. The Morgan fingerprint density at radius 2 is 1.80 bits per heavy atom. The van der Waals surface area contributed by atoms with E-state index in [4.69, 9.17) is 4.74 Å². The Balaban J connectivity index is 1.49. The van der Waals surface area contributed by atoms with Crippen LogP contribution in [0.2, 0.25) is 0 Å². The van der Waals surface area contributed by atoms with E-state index < -0.39 is 0 Å². The van der Waals surface area contributed by atoms with E-state index in [1.54, 1.807) is 4.52 Å². The maximum Gasteiger partial charge on any atom is 0.255 e. The molecule has 0 bridgehead atoms. The minimum atomic E-state index is 0.423. The van der Waals surface area contributed by atoms with Gasteiger partial charge < -0.3 is 14.2 Å². The lowest BCUT2D eigenvalue weighted by Crippen LogP contribution is -2.37. The van der Waals surface area contributed by atoms with Gasteiger partial charge in [-0.25, -0.2) is 9.97 Å². The Morgan fingerprint density at radius 1 is 1.00 bits per heavy atom. The van der Waals surface area contributed by atoms with E-state index in [0.29, 0.717) is 30.6 Å². The van der Waals surface area contributed by atoms with Crippen LogP contribution >= 0.6 is 0 Å². The Hall–Kier alpha value is -3.70. The minimum absolute atomic E-state index is 0.423. The highest BCUT2D eigenvalue weighted by molar-refractivity contribution is 5.59. The quantitative estimate of drug-likeness (QED) is 0.481. The smallest absolute Gasteiger partial charge is 0.255 e. The molecule has 3 aromatic heterocycles. The molecule has 1 aliphatic rings. The van der Waals surface area contributed by atoms with Crippen molar-refractivity contribution in [1.82, 2.24) is 29.1 Å². The molecule has 8 heteroatoms. The number of benzene rings is 1. The second-order valence-corrected chi connectivity index (χ2v) is 7.18. The first kappa shape index (κ1) is 18.3. The van der Waals surface area contributed by atoms with E-state index in [9.17, 15) is 0 Å². The van der Waals surface area contributed by atoms with E-state index in [0.717, 1.165) is 35.9 Å². The first-order valence-corrected chi connectivity index (χ1v) is 9.85. The molecule has 0 saturated carbocycles. The maximum atomic E-state index is 5.47. The third-order valence-corrected chi connectivity index (χ3v) is 4.99. The van der Waals surface area contributed by atoms with Crippen molar-refractivity contribution in [3.63, 3.8) is 0 Å². The summed E-state index contributed by atoms with van der Waals surface area (Å²) in [6.45, 7) is 4.99. The van der Waals surface area contributed by atoms with Crippen molar-refractivity contribution in [3.8, 4) is 23.1 Å². The summed E-state index contributed by atoms with van der Waals surface area (Å²) in [5, 5.41) is 4.59. The van der Waals surface area contributed by atoms with Crippen LogP contribution in [0.25, 0.3) is 17.0 Å². The Bertz CT molecular complexity index is 1260. The third-order valence-electron chi connectivity index (χ3n) is 4.99. The number of nitrogens with zero attached hydrogens (tertiary/aromatic N) is 7. The minimum Gasteiger partial charge on any atom is -0.378 e. The zero-order valence-electron chi connectivity index (χ0n) is 16.9. The SMILES string of the molecule is Cc1cc(N2CCOCC2)n2nc(C#Cc3nc(-c4ccccc4)cn3C)nc2n1. The molecule has 0 amide bonds. The molecule has 30 heavy (non-hydrogen) atoms. The number of hydrogen-bond acceptors (Lipinski definition) is 6. The van der Waals surface area contributed by atoms with Crippen molar-refractivity contribution in [2.75, 3.05) is 31.2 Å². The highest BCUT2D eigenvalue weighted by Crippen LogP contribution is 2.19. The van der Waals surface area contributed by atoms with E-state index >= 15 is 0 Å². The second kappa shape index (κ2) is 7.61. The Labute approximate surface area is 174 Å². The summed E-state index contributed by atoms with van der Waals surface area (Å²) in [4.78, 5) is 15.9. The average Bonchev–Trinajstić information content (AvgIpc) is 3.35. The molecule has 0 N–H and O–H groups in total. The number of fused-ring (bicyclic) bond motifs is 1. The van der Waals surface area contributed by atoms with Crippen LogP contribution in [0.15, 0.2) is 42.6 Å². The average molecular weight is 399 g/mol. The van der Waals surface area contributed by atoms with E-state index in [1.165, 1.54) is 0 Å². The van der Waals surface area contributed by atoms with Crippen molar-refractivity contribution < 1.29 is 4.74 Å². The zero-order valence-corrected chi connectivity index (χ0v) is 16.9. The van der Waals surface area contributed by atoms with Crippen LogP contribution in [-0.4, -0.2) is 55.4 Å². The largest absolute Gasteiger partial charge is 0.378 e. The summed E-state index contributed by atoms with van der Waals surface area (Å²) in [7, 11) is 1.93. The van der Waals surface area contributed by atoms with Gasteiger partial charge in [0.05, 0.1) is 18.9 Å². The second-order valence-electron chi connectivity index (χ2n) is 7.18. The first-order valence-electron chi connectivity index (χ1n) is 9.85. The molecule has 1 aromatic carbocycles. The molecular formula is C22H21N7O. The third kappa shape index (κ3) is 3.51. The molecule has 1 fully saturated rings. The van der Waals surface area contributed by atoms with Gasteiger partial charge in [-0.2, -0.15) is 9.50 Å². The molecule has 4 heterocycles. The lowest BCUT2D eigenvalue weighted by atomic mass is 10.2. The highest BCUT2D eigenvalue weighted by Gasteiger charge is 2.17. The van der Waals surface area contributed by atoms with Gasteiger partial charge >= 0.3 is 0 Å². The van der Waals surface area contributed by atoms with Crippen molar-refractivity contribution in [3.05, 3.63) is 59.9 Å². The number of hydrogen-bond donors (Lipinski definition) is 0. The van der Waals surface area contributed by atoms with Crippen molar-refractivity contribution in [2.24, 2.45) is 7.05 Å². The fourth-order valence-corrected chi connectivity index (χ4v) is 3.48. The molecule has 150 valence electrons. The molecule has 4 aromatic rings. The van der Waals surface area contributed by atoms with Crippen LogP contribution in [0.4, 0.5) is 5.82 Å². The molecule has 0 aliphatic carbocycles. The summed E-state index contributed by atoms with van der Waals surface area (Å²) in [6, 6.07) is 12.1. The lowest BCUT2D eigenvalue weighted by molar-refractivity contribution is 0.122. The molecule has 8 nitrogen and oxygen atoms in total. The van der Waals surface area contributed by atoms with Gasteiger partial charge in [-0.3, -0.25) is 0 Å². The number of rotatable bonds is 2. The molecule has 5 rings (SSSR count). The predicted molar refractivity (Wildman–Crippen MR) is 113 cm³/mol. The van der Waals surface area contributed by atoms with E-state index in [2.05, 4.69) is 36.8 Å². The summed E-state index contributed by atoms with van der Waals surface area (Å²) in [5.41, 5.74) is 2.84. The van der Waals surface area contributed by atoms with Crippen LogP contribution in [0.5, 0.6) is 0 Å². The Morgan fingerprint density at radius 3 is 2.60 bits per heavy atom. The highest BCUT2D eigenvalue weighted by atomic mass is 16.5. The monoisotopic (exact) mass is 399 g/mol. The number of imidazole rings is 1.